The summed E-state index contributed by atoms with van der Waals surface area (Å²) < 4.78 is 24.5. The molecule has 160 valence electrons. The summed E-state index contributed by atoms with van der Waals surface area (Å²) >= 11 is 0. The molecule has 1 aliphatic heterocycles. The zero-order valence-corrected chi connectivity index (χ0v) is 17.6. The molecular weight excluding hydrogens is 387 g/mol. The fraction of sp³-hybridized carbons (Fsp3) is 0.391. The standard InChI is InChI=1S/C23H27FN2O4/c1-25(2)22(28)23(16-26(12-13-30-23)21(27)15-29-3)14-18-6-4-5-7-20(18)17-8-10-19(24)11-9-17/h4-11H,12-16H2,1-3H3. The van der Waals surface area contributed by atoms with E-state index in [1.54, 1.807) is 31.1 Å². The van der Waals surface area contributed by atoms with Crippen LogP contribution in [0, 0.1) is 5.82 Å². The summed E-state index contributed by atoms with van der Waals surface area (Å²) in [4.78, 5) is 28.8. The number of nitrogens with zero attached hydrogens (tertiary/aromatic N) is 2. The number of ether oxygens (including phenoxy) is 2. The van der Waals surface area contributed by atoms with E-state index in [4.69, 9.17) is 9.47 Å². The Balaban J connectivity index is 1.98. The molecule has 1 unspecified atom stereocenters. The highest BCUT2D eigenvalue weighted by atomic mass is 19.1. The van der Waals surface area contributed by atoms with Crippen LogP contribution in [0.15, 0.2) is 48.5 Å². The molecule has 1 atom stereocenters. The average Bonchev–Trinajstić information content (AvgIpc) is 2.74. The minimum absolute atomic E-state index is 0.0433. The Kier molecular flexibility index (Phi) is 6.84. The highest BCUT2D eigenvalue weighted by molar-refractivity contribution is 5.87. The number of likely N-dealkylation sites (N-methyl/N-ethyl adjacent to an activating group) is 1. The number of rotatable bonds is 6. The van der Waals surface area contributed by atoms with E-state index in [1.165, 1.54) is 24.1 Å². The summed E-state index contributed by atoms with van der Waals surface area (Å²) in [5.41, 5.74) is 1.43. The first-order valence-electron chi connectivity index (χ1n) is 9.82. The van der Waals surface area contributed by atoms with Crippen molar-refractivity contribution in [1.29, 1.82) is 0 Å². The Labute approximate surface area is 176 Å². The second kappa shape index (κ2) is 9.36. The predicted molar refractivity (Wildman–Crippen MR) is 111 cm³/mol. The van der Waals surface area contributed by atoms with Gasteiger partial charge in [0.05, 0.1) is 13.2 Å². The molecule has 2 aromatic carbocycles. The largest absolute Gasteiger partial charge is 0.375 e. The molecule has 0 spiro atoms. The molecule has 0 bridgehead atoms. The molecule has 2 aromatic rings. The first-order chi connectivity index (χ1) is 14.4. The maximum absolute atomic E-state index is 13.4. The van der Waals surface area contributed by atoms with Crippen molar-refractivity contribution >= 4 is 11.8 Å². The SMILES string of the molecule is COCC(=O)N1CCOC(Cc2ccccc2-c2ccc(F)cc2)(C(=O)N(C)C)C1. The number of carbonyl (C=O) groups excluding carboxylic acids is 2. The summed E-state index contributed by atoms with van der Waals surface area (Å²) in [6, 6.07) is 13.9. The lowest BCUT2D eigenvalue weighted by Crippen LogP contribution is -2.62. The summed E-state index contributed by atoms with van der Waals surface area (Å²) in [6.45, 7) is 0.764. The van der Waals surface area contributed by atoms with Crippen LogP contribution in [0.3, 0.4) is 0 Å². The van der Waals surface area contributed by atoms with Crippen molar-refractivity contribution in [3.63, 3.8) is 0 Å². The van der Waals surface area contributed by atoms with Crippen LogP contribution in [0.2, 0.25) is 0 Å². The Morgan fingerprint density at radius 3 is 2.53 bits per heavy atom. The van der Waals surface area contributed by atoms with Crippen molar-refractivity contribution in [3.05, 3.63) is 59.9 Å². The van der Waals surface area contributed by atoms with Crippen LogP contribution >= 0.6 is 0 Å². The van der Waals surface area contributed by atoms with Gasteiger partial charge in [0.2, 0.25) is 5.91 Å². The smallest absolute Gasteiger partial charge is 0.256 e. The van der Waals surface area contributed by atoms with E-state index < -0.39 is 5.60 Å². The molecule has 2 amide bonds. The summed E-state index contributed by atoms with van der Waals surface area (Å²) in [5.74, 6) is -0.687. The molecular formula is C23H27FN2O4. The first kappa shape index (κ1) is 21.9. The van der Waals surface area contributed by atoms with Gasteiger partial charge in [0.1, 0.15) is 12.4 Å². The van der Waals surface area contributed by atoms with Gasteiger partial charge in [-0.2, -0.15) is 0 Å². The normalized spacial score (nSPS) is 18.9. The lowest BCUT2D eigenvalue weighted by Gasteiger charge is -2.43. The highest BCUT2D eigenvalue weighted by Crippen LogP contribution is 2.31. The van der Waals surface area contributed by atoms with Gasteiger partial charge in [-0.05, 0) is 28.8 Å². The van der Waals surface area contributed by atoms with E-state index in [1.807, 2.05) is 24.3 Å². The molecule has 6 nitrogen and oxygen atoms in total. The van der Waals surface area contributed by atoms with Crippen molar-refractivity contribution < 1.29 is 23.5 Å². The molecule has 1 heterocycles. The van der Waals surface area contributed by atoms with Crippen molar-refractivity contribution in [2.75, 3.05) is 47.5 Å². The fourth-order valence-electron chi connectivity index (χ4n) is 3.82. The Hall–Kier alpha value is -2.77. The van der Waals surface area contributed by atoms with Crippen LogP contribution in [0.1, 0.15) is 5.56 Å². The molecule has 0 radical (unpaired) electrons. The van der Waals surface area contributed by atoms with E-state index in [0.717, 1.165) is 16.7 Å². The monoisotopic (exact) mass is 414 g/mol. The van der Waals surface area contributed by atoms with Crippen molar-refractivity contribution in [3.8, 4) is 11.1 Å². The summed E-state index contributed by atoms with van der Waals surface area (Å²) in [6.07, 6.45) is 0.286. The van der Waals surface area contributed by atoms with Crippen LogP contribution < -0.4 is 0 Å². The molecule has 30 heavy (non-hydrogen) atoms. The zero-order valence-electron chi connectivity index (χ0n) is 17.6. The summed E-state index contributed by atoms with van der Waals surface area (Å²) in [5, 5.41) is 0. The lowest BCUT2D eigenvalue weighted by molar-refractivity contribution is -0.173. The van der Waals surface area contributed by atoms with Crippen molar-refractivity contribution in [2.24, 2.45) is 0 Å². The number of benzene rings is 2. The van der Waals surface area contributed by atoms with Gasteiger partial charge in [0.15, 0.2) is 5.60 Å². The van der Waals surface area contributed by atoms with Gasteiger partial charge in [-0.3, -0.25) is 9.59 Å². The van der Waals surface area contributed by atoms with Crippen molar-refractivity contribution in [2.45, 2.75) is 12.0 Å². The van der Waals surface area contributed by atoms with Gasteiger partial charge < -0.3 is 19.3 Å². The Morgan fingerprint density at radius 2 is 1.87 bits per heavy atom. The van der Waals surface area contributed by atoms with Crippen LogP contribution in [-0.4, -0.2) is 74.7 Å². The quantitative estimate of drug-likeness (QED) is 0.728. The van der Waals surface area contributed by atoms with E-state index >= 15 is 0 Å². The molecule has 0 aliphatic carbocycles. The van der Waals surface area contributed by atoms with Gasteiger partial charge in [-0.15, -0.1) is 0 Å². The number of amides is 2. The molecule has 0 saturated carbocycles. The third kappa shape index (κ3) is 4.68. The Morgan fingerprint density at radius 1 is 1.17 bits per heavy atom. The zero-order chi connectivity index (χ0) is 21.7. The number of halogens is 1. The number of methoxy groups -OCH3 is 1. The molecule has 3 rings (SSSR count). The average molecular weight is 414 g/mol. The van der Waals surface area contributed by atoms with E-state index in [2.05, 4.69) is 0 Å². The first-order valence-corrected chi connectivity index (χ1v) is 9.82. The van der Waals surface area contributed by atoms with Crippen LogP contribution in [-0.2, 0) is 25.5 Å². The molecule has 1 fully saturated rings. The third-order valence-electron chi connectivity index (χ3n) is 5.25. The summed E-state index contributed by atoms with van der Waals surface area (Å²) in [7, 11) is 4.82. The van der Waals surface area contributed by atoms with Crippen LogP contribution in [0.25, 0.3) is 11.1 Å². The second-order valence-corrected chi connectivity index (χ2v) is 7.63. The van der Waals surface area contributed by atoms with Gasteiger partial charge in [-0.25, -0.2) is 4.39 Å². The number of hydrogen-bond acceptors (Lipinski definition) is 4. The minimum Gasteiger partial charge on any atom is -0.375 e. The fourth-order valence-corrected chi connectivity index (χ4v) is 3.82. The van der Waals surface area contributed by atoms with E-state index in [9.17, 15) is 14.0 Å². The maximum atomic E-state index is 13.4. The second-order valence-electron chi connectivity index (χ2n) is 7.63. The highest BCUT2D eigenvalue weighted by Gasteiger charge is 2.46. The van der Waals surface area contributed by atoms with E-state index in [0.29, 0.717) is 6.54 Å². The molecule has 1 saturated heterocycles. The molecule has 1 aliphatic rings. The topological polar surface area (TPSA) is 59.1 Å². The number of hydrogen-bond donors (Lipinski definition) is 0. The van der Waals surface area contributed by atoms with Gasteiger partial charge in [-0.1, -0.05) is 36.4 Å². The van der Waals surface area contributed by atoms with Crippen LogP contribution in [0.4, 0.5) is 4.39 Å². The number of carbonyl (C=O) groups is 2. The van der Waals surface area contributed by atoms with Gasteiger partial charge in [0.25, 0.3) is 5.91 Å². The van der Waals surface area contributed by atoms with Gasteiger partial charge in [0, 0.05) is 34.2 Å². The predicted octanol–water partition coefficient (Wildman–Crippen LogP) is 2.37. The molecule has 7 heteroatoms. The maximum Gasteiger partial charge on any atom is 0.256 e. The molecule has 0 N–H and O–H groups in total. The van der Waals surface area contributed by atoms with Crippen molar-refractivity contribution in [1.82, 2.24) is 9.80 Å². The molecule has 0 aromatic heterocycles. The van der Waals surface area contributed by atoms with Gasteiger partial charge >= 0.3 is 0 Å². The third-order valence-corrected chi connectivity index (χ3v) is 5.25. The Bertz CT molecular complexity index is 900. The minimum atomic E-state index is -1.21. The number of morpholine rings is 1. The van der Waals surface area contributed by atoms with Crippen LogP contribution in [0.5, 0.6) is 0 Å². The van der Waals surface area contributed by atoms with E-state index in [-0.39, 0.29) is 43.8 Å². The lowest BCUT2D eigenvalue weighted by atomic mass is 9.87.